The summed E-state index contributed by atoms with van der Waals surface area (Å²) in [6.45, 7) is 2.13. The number of rotatable bonds is 1. The highest BCUT2D eigenvalue weighted by Gasteiger charge is 2.28. The van der Waals surface area contributed by atoms with Crippen LogP contribution in [0.3, 0.4) is 0 Å². The summed E-state index contributed by atoms with van der Waals surface area (Å²) in [6.07, 6.45) is 6.76. The number of hydrogen-bond donors (Lipinski definition) is 1. The van der Waals surface area contributed by atoms with Crippen molar-refractivity contribution in [1.29, 1.82) is 0 Å². The Kier molecular flexibility index (Phi) is 3.69. The van der Waals surface area contributed by atoms with E-state index < -0.39 is 0 Å². The molecule has 2 unspecified atom stereocenters. The summed E-state index contributed by atoms with van der Waals surface area (Å²) in [5, 5.41) is 9.81. The highest BCUT2D eigenvalue weighted by Crippen LogP contribution is 2.28. The number of aliphatic hydroxyl groups excluding tert-OH is 1. The van der Waals surface area contributed by atoms with Crippen LogP contribution in [0, 0.1) is 0 Å². The summed E-state index contributed by atoms with van der Waals surface area (Å²) < 4.78 is 0. The van der Waals surface area contributed by atoms with E-state index in [1.54, 1.807) is 0 Å². The van der Waals surface area contributed by atoms with Crippen LogP contribution in [-0.4, -0.2) is 40.6 Å². The van der Waals surface area contributed by atoms with Crippen molar-refractivity contribution in [2.45, 2.75) is 56.0 Å². The van der Waals surface area contributed by atoms with Crippen molar-refractivity contribution in [2.75, 3.05) is 13.1 Å². The van der Waals surface area contributed by atoms with Gasteiger partial charge in [0.1, 0.15) is 0 Å². The van der Waals surface area contributed by atoms with Gasteiger partial charge in [-0.1, -0.05) is 6.42 Å². The fourth-order valence-corrected chi connectivity index (χ4v) is 3.05. The summed E-state index contributed by atoms with van der Waals surface area (Å²) in [5.41, 5.74) is 0. The fraction of sp³-hybridized carbons (Fsp3) is 1.00. The Labute approximate surface area is 91.2 Å². The van der Waals surface area contributed by atoms with Gasteiger partial charge in [0.2, 0.25) is 0 Å². The van der Waals surface area contributed by atoms with Crippen molar-refractivity contribution in [3.05, 3.63) is 0 Å². The van der Waals surface area contributed by atoms with E-state index in [4.69, 9.17) is 11.6 Å². The van der Waals surface area contributed by atoms with E-state index in [2.05, 4.69) is 4.90 Å². The summed E-state index contributed by atoms with van der Waals surface area (Å²) in [6, 6.07) is 0.693. The van der Waals surface area contributed by atoms with Crippen LogP contribution >= 0.6 is 11.6 Å². The number of likely N-dealkylation sites (tertiary alicyclic amines) is 1. The van der Waals surface area contributed by atoms with Gasteiger partial charge in [0.25, 0.3) is 0 Å². The van der Waals surface area contributed by atoms with Crippen LogP contribution in [0.2, 0.25) is 0 Å². The van der Waals surface area contributed by atoms with E-state index in [9.17, 15) is 5.11 Å². The largest absolute Gasteiger partial charge is 0.393 e. The summed E-state index contributed by atoms with van der Waals surface area (Å²) in [4.78, 5) is 2.53. The second-order valence-electron chi connectivity index (χ2n) is 4.68. The van der Waals surface area contributed by atoms with E-state index in [1.165, 1.54) is 19.3 Å². The highest BCUT2D eigenvalue weighted by molar-refractivity contribution is 6.20. The van der Waals surface area contributed by atoms with E-state index in [0.29, 0.717) is 11.4 Å². The Morgan fingerprint density at radius 2 is 1.79 bits per heavy atom. The van der Waals surface area contributed by atoms with Crippen molar-refractivity contribution in [3.63, 3.8) is 0 Å². The molecule has 1 aliphatic carbocycles. The lowest BCUT2D eigenvalue weighted by atomic mass is 9.92. The first-order chi connectivity index (χ1) is 6.75. The molecule has 0 bridgehead atoms. The first-order valence-corrected chi connectivity index (χ1v) is 6.25. The minimum atomic E-state index is -0.0540. The third-order valence-electron chi connectivity index (χ3n) is 3.60. The molecule has 1 N–H and O–H groups in total. The van der Waals surface area contributed by atoms with Crippen LogP contribution in [0.25, 0.3) is 0 Å². The zero-order chi connectivity index (χ0) is 9.97. The highest BCUT2D eigenvalue weighted by atomic mass is 35.5. The van der Waals surface area contributed by atoms with Crippen LogP contribution in [0.5, 0.6) is 0 Å². The summed E-state index contributed by atoms with van der Waals surface area (Å²) in [7, 11) is 0. The molecule has 2 fully saturated rings. The second kappa shape index (κ2) is 4.82. The van der Waals surface area contributed by atoms with Gasteiger partial charge in [0.05, 0.1) is 6.10 Å². The standard InChI is InChI=1S/C11H20ClNO/c12-9-2-1-3-10(8-9)13-6-4-11(14)5-7-13/h9-11,14H,1-8H2. The molecule has 0 aromatic carbocycles. The Morgan fingerprint density at radius 1 is 1.07 bits per heavy atom. The predicted octanol–water partition coefficient (Wildman–Crippen LogP) is 1.99. The molecule has 0 spiro atoms. The molecule has 3 heteroatoms. The molecule has 0 aromatic rings. The number of hydrogen-bond acceptors (Lipinski definition) is 2. The summed E-state index contributed by atoms with van der Waals surface area (Å²) >= 11 is 6.18. The molecule has 2 rings (SSSR count). The smallest absolute Gasteiger partial charge is 0.0564 e. The maximum absolute atomic E-state index is 9.42. The lowest BCUT2D eigenvalue weighted by Crippen LogP contribution is -2.45. The SMILES string of the molecule is OC1CCN(C2CCCC(Cl)C2)CC1. The van der Waals surface area contributed by atoms with E-state index in [1.807, 2.05) is 0 Å². The zero-order valence-electron chi connectivity index (χ0n) is 8.66. The molecule has 2 atom stereocenters. The first kappa shape index (κ1) is 10.7. The maximum atomic E-state index is 9.42. The van der Waals surface area contributed by atoms with Gasteiger partial charge in [-0.05, 0) is 32.1 Å². The van der Waals surface area contributed by atoms with Crippen LogP contribution in [0.4, 0.5) is 0 Å². The van der Waals surface area contributed by atoms with Gasteiger partial charge in [-0.3, -0.25) is 0 Å². The zero-order valence-corrected chi connectivity index (χ0v) is 9.42. The molecule has 0 radical (unpaired) electrons. The van der Waals surface area contributed by atoms with Crippen molar-refractivity contribution in [2.24, 2.45) is 0 Å². The van der Waals surface area contributed by atoms with E-state index in [-0.39, 0.29) is 6.10 Å². The maximum Gasteiger partial charge on any atom is 0.0564 e. The van der Waals surface area contributed by atoms with Gasteiger partial charge in [0.15, 0.2) is 0 Å². The van der Waals surface area contributed by atoms with Crippen molar-refractivity contribution in [3.8, 4) is 0 Å². The van der Waals surface area contributed by atoms with Crippen LogP contribution in [0.1, 0.15) is 38.5 Å². The molecule has 0 aromatic heterocycles. The molecule has 2 nitrogen and oxygen atoms in total. The molecular formula is C11H20ClNO. The number of nitrogens with zero attached hydrogens (tertiary/aromatic N) is 1. The first-order valence-electron chi connectivity index (χ1n) is 5.82. The van der Waals surface area contributed by atoms with Gasteiger partial charge in [0, 0.05) is 24.5 Å². The van der Waals surface area contributed by atoms with Crippen molar-refractivity contribution in [1.82, 2.24) is 4.90 Å². The predicted molar refractivity (Wildman–Crippen MR) is 58.7 cm³/mol. The third kappa shape index (κ3) is 2.62. The Balaban J connectivity index is 1.82. The molecule has 2 aliphatic rings. The Morgan fingerprint density at radius 3 is 2.43 bits per heavy atom. The van der Waals surface area contributed by atoms with Gasteiger partial charge < -0.3 is 10.0 Å². The van der Waals surface area contributed by atoms with Gasteiger partial charge >= 0.3 is 0 Å². The number of alkyl halides is 1. The molecule has 1 heterocycles. The van der Waals surface area contributed by atoms with Crippen molar-refractivity contribution >= 4 is 11.6 Å². The minimum Gasteiger partial charge on any atom is -0.393 e. The topological polar surface area (TPSA) is 23.5 Å². The molecule has 82 valence electrons. The Hall–Kier alpha value is 0.210. The average molecular weight is 218 g/mol. The monoisotopic (exact) mass is 217 g/mol. The lowest BCUT2D eigenvalue weighted by Gasteiger charge is -2.39. The summed E-state index contributed by atoms with van der Waals surface area (Å²) in [5.74, 6) is 0. The molecule has 14 heavy (non-hydrogen) atoms. The normalized spacial score (nSPS) is 37.3. The van der Waals surface area contributed by atoms with Gasteiger partial charge in [-0.25, -0.2) is 0 Å². The van der Waals surface area contributed by atoms with Crippen LogP contribution in [-0.2, 0) is 0 Å². The van der Waals surface area contributed by atoms with Crippen molar-refractivity contribution < 1.29 is 5.11 Å². The van der Waals surface area contributed by atoms with Crippen LogP contribution in [0.15, 0.2) is 0 Å². The number of aliphatic hydroxyl groups is 1. The van der Waals surface area contributed by atoms with E-state index >= 15 is 0 Å². The Bertz CT molecular complexity index is 180. The average Bonchev–Trinajstić information content (AvgIpc) is 2.19. The van der Waals surface area contributed by atoms with Gasteiger partial charge in [-0.15, -0.1) is 11.6 Å². The van der Waals surface area contributed by atoms with E-state index in [0.717, 1.165) is 32.4 Å². The second-order valence-corrected chi connectivity index (χ2v) is 5.30. The minimum absolute atomic E-state index is 0.0540. The fourth-order valence-electron chi connectivity index (χ4n) is 2.69. The van der Waals surface area contributed by atoms with Crippen LogP contribution < -0.4 is 0 Å². The molecular weight excluding hydrogens is 198 g/mol. The number of piperidine rings is 1. The molecule has 1 aliphatic heterocycles. The molecule has 1 saturated carbocycles. The molecule has 1 saturated heterocycles. The quantitative estimate of drug-likeness (QED) is 0.680. The van der Waals surface area contributed by atoms with Gasteiger partial charge in [-0.2, -0.15) is 0 Å². The number of halogens is 1. The third-order valence-corrected chi connectivity index (χ3v) is 3.99. The molecule has 0 amide bonds. The lowest BCUT2D eigenvalue weighted by molar-refractivity contribution is 0.0510.